The Balaban J connectivity index is 1.95. The zero-order chi connectivity index (χ0) is 13.7. The van der Waals surface area contributed by atoms with E-state index in [0.29, 0.717) is 0 Å². The van der Waals surface area contributed by atoms with E-state index in [1.807, 2.05) is 24.3 Å². The molecule has 1 aromatic carbocycles. The second kappa shape index (κ2) is 6.36. The summed E-state index contributed by atoms with van der Waals surface area (Å²) in [6.45, 7) is 3.72. The van der Waals surface area contributed by atoms with Crippen molar-refractivity contribution in [3.63, 3.8) is 0 Å². The Hall–Kier alpha value is -1.85. The van der Waals surface area contributed by atoms with Crippen LogP contribution in [0.15, 0.2) is 40.2 Å². The van der Waals surface area contributed by atoms with Gasteiger partial charge in [-0.15, -0.1) is 0 Å². The van der Waals surface area contributed by atoms with Gasteiger partial charge in [-0.25, -0.2) is 0 Å². The molecule has 0 aliphatic carbocycles. The summed E-state index contributed by atoms with van der Waals surface area (Å²) >= 11 is 1.72. The molecule has 4 nitrogen and oxygen atoms in total. The van der Waals surface area contributed by atoms with Crippen LogP contribution in [0.2, 0.25) is 0 Å². The van der Waals surface area contributed by atoms with E-state index in [2.05, 4.69) is 28.2 Å². The van der Waals surface area contributed by atoms with Crippen LogP contribution in [0.25, 0.3) is 0 Å². The van der Waals surface area contributed by atoms with Crippen molar-refractivity contribution in [3.05, 3.63) is 57.3 Å². The molecule has 0 amide bonds. The summed E-state index contributed by atoms with van der Waals surface area (Å²) in [4.78, 5) is 0. The largest absolute Gasteiger partial charge is 0.409 e. The summed E-state index contributed by atoms with van der Waals surface area (Å²) in [5, 5.41) is 19.4. The monoisotopic (exact) mass is 275 g/mol. The first-order valence-corrected chi connectivity index (χ1v) is 6.94. The summed E-state index contributed by atoms with van der Waals surface area (Å²) in [6, 6.07) is 7.66. The SMILES string of the molecule is Cc1cscc1CNCc1cccc(C(N)=NO)c1. The molecule has 5 heteroatoms. The fourth-order valence-corrected chi connectivity index (χ4v) is 2.66. The summed E-state index contributed by atoms with van der Waals surface area (Å²) < 4.78 is 0. The van der Waals surface area contributed by atoms with Crippen molar-refractivity contribution in [2.75, 3.05) is 0 Å². The van der Waals surface area contributed by atoms with Crippen LogP contribution in [0.4, 0.5) is 0 Å². The molecule has 0 spiro atoms. The van der Waals surface area contributed by atoms with Crippen molar-refractivity contribution in [1.29, 1.82) is 0 Å². The van der Waals surface area contributed by atoms with Crippen molar-refractivity contribution in [1.82, 2.24) is 5.32 Å². The topological polar surface area (TPSA) is 70.6 Å². The minimum absolute atomic E-state index is 0.135. The van der Waals surface area contributed by atoms with Gasteiger partial charge in [0, 0.05) is 18.7 Å². The zero-order valence-electron chi connectivity index (χ0n) is 10.8. The van der Waals surface area contributed by atoms with Gasteiger partial charge in [-0.2, -0.15) is 11.3 Å². The fraction of sp³-hybridized carbons (Fsp3) is 0.214. The van der Waals surface area contributed by atoms with Crippen LogP contribution >= 0.6 is 11.3 Å². The Morgan fingerprint density at radius 1 is 1.37 bits per heavy atom. The summed E-state index contributed by atoms with van der Waals surface area (Å²) in [7, 11) is 0. The Morgan fingerprint density at radius 3 is 2.89 bits per heavy atom. The quantitative estimate of drug-likeness (QED) is 0.340. The second-order valence-electron chi connectivity index (χ2n) is 4.37. The molecule has 1 heterocycles. The van der Waals surface area contributed by atoms with Gasteiger partial charge >= 0.3 is 0 Å². The standard InChI is InChI=1S/C14H17N3OS/c1-10-8-19-9-13(10)7-16-6-11-3-2-4-12(5-11)14(15)17-18/h2-5,8-9,16,18H,6-7H2,1H3,(H2,15,17). The van der Waals surface area contributed by atoms with Crippen LogP contribution in [0, 0.1) is 6.92 Å². The Bertz CT molecular complexity index is 578. The Kier molecular flexibility index (Phi) is 4.54. The molecular weight excluding hydrogens is 258 g/mol. The van der Waals surface area contributed by atoms with Gasteiger partial charge in [0.25, 0.3) is 0 Å². The van der Waals surface area contributed by atoms with Crippen LogP contribution in [0.5, 0.6) is 0 Å². The molecule has 0 atom stereocenters. The number of nitrogens with two attached hydrogens (primary N) is 1. The van der Waals surface area contributed by atoms with E-state index < -0.39 is 0 Å². The van der Waals surface area contributed by atoms with Gasteiger partial charge in [0.05, 0.1) is 0 Å². The summed E-state index contributed by atoms with van der Waals surface area (Å²) in [5.74, 6) is 0.135. The van der Waals surface area contributed by atoms with E-state index in [1.54, 1.807) is 11.3 Å². The molecule has 0 radical (unpaired) electrons. The van der Waals surface area contributed by atoms with Crippen molar-refractivity contribution < 1.29 is 5.21 Å². The number of thiophene rings is 1. The van der Waals surface area contributed by atoms with Crippen molar-refractivity contribution >= 4 is 17.2 Å². The van der Waals surface area contributed by atoms with Gasteiger partial charge in [0.15, 0.2) is 5.84 Å². The third-order valence-corrected chi connectivity index (χ3v) is 3.85. The number of benzene rings is 1. The molecule has 0 saturated carbocycles. The number of oxime groups is 1. The molecule has 0 saturated heterocycles. The highest BCUT2D eigenvalue weighted by atomic mass is 32.1. The van der Waals surface area contributed by atoms with Crippen molar-refractivity contribution in [2.45, 2.75) is 20.0 Å². The Labute approximate surface area is 116 Å². The highest BCUT2D eigenvalue weighted by Crippen LogP contribution is 2.13. The smallest absolute Gasteiger partial charge is 0.170 e. The van der Waals surface area contributed by atoms with Crippen LogP contribution in [-0.2, 0) is 13.1 Å². The van der Waals surface area contributed by atoms with E-state index in [4.69, 9.17) is 10.9 Å². The van der Waals surface area contributed by atoms with Crippen molar-refractivity contribution in [2.24, 2.45) is 10.9 Å². The fourth-order valence-electron chi connectivity index (χ4n) is 1.81. The molecule has 0 bridgehead atoms. The average Bonchev–Trinajstić information content (AvgIpc) is 2.84. The number of rotatable bonds is 5. The van der Waals surface area contributed by atoms with Gasteiger partial charge in [-0.05, 0) is 40.4 Å². The number of hydrogen-bond acceptors (Lipinski definition) is 4. The van der Waals surface area contributed by atoms with E-state index in [9.17, 15) is 0 Å². The van der Waals surface area contributed by atoms with Crippen molar-refractivity contribution in [3.8, 4) is 0 Å². The van der Waals surface area contributed by atoms with E-state index >= 15 is 0 Å². The molecule has 1 aromatic heterocycles. The van der Waals surface area contributed by atoms with Gasteiger partial charge in [-0.3, -0.25) is 0 Å². The molecule has 0 unspecified atom stereocenters. The maximum absolute atomic E-state index is 8.66. The molecule has 0 aliphatic heterocycles. The lowest BCUT2D eigenvalue weighted by Gasteiger charge is -2.06. The lowest BCUT2D eigenvalue weighted by molar-refractivity contribution is 0.318. The molecule has 100 valence electrons. The zero-order valence-corrected chi connectivity index (χ0v) is 11.6. The lowest BCUT2D eigenvalue weighted by atomic mass is 10.1. The first-order chi connectivity index (χ1) is 9.20. The molecule has 0 fully saturated rings. The molecule has 2 rings (SSSR count). The van der Waals surface area contributed by atoms with E-state index in [1.165, 1.54) is 11.1 Å². The molecule has 4 N–H and O–H groups in total. The van der Waals surface area contributed by atoms with Crippen LogP contribution in [-0.4, -0.2) is 11.0 Å². The molecule has 0 aliphatic rings. The molecular formula is C14H17N3OS. The van der Waals surface area contributed by atoms with E-state index in [0.717, 1.165) is 24.2 Å². The number of aryl methyl sites for hydroxylation is 1. The summed E-state index contributed by atoms with van der Waals surface area (Å²) in [6.07, 6.45) is 0. The van der Waals surface area contributed by atoms with E-state index in [-0.39, 0.29) is 5.84 Å². The van der Waals surface area contributed by atoms with Crippen LogP contribution < -0.4 is 11.1 Å². The summed E-state index contributed by atoms with van der Waals surface area (Å²) in [5.41, 5.74) is 10.1. The van der Waals surface area contributed by atoms with Gasteiger partial charge in [-0.1, -0.05) is 23.4 Å². The minimum Gasteiger partial charge on any atom is -0.409 e. The normalized spacial score (nSPS) is 11.7. The number of nitrogens with zero attached hydrogens (tertiary/aromatic N) is 1. The highest BCUT2D eigenvalue weighted by molar-refractivity contribution is 7.08. The molecule has 2 aromatic rings. The van der Waals surface area contributed by atoms with Gasteiger partial charge in [0.1, 0.15) is 0 Å². The number of hydrogen-bond donors (Lipinski definition) is 3. The average molecular weight is 275 g/mol. The van der Waals surface area contributed by atoms with Gasteiger partial charge < -0.3 is 16.3 Å². The lowest BCUT2D eigenvalue weighted by Crippen LogP contribution is -2.15. The van der Waals surface area contributed by atoms with Crippen LogP contribution in [0.1, 0.15) is 22.3 Å². The third-order valence-electron chi connectivity index (χ3n) is 2.94. The first kappa shape index (κ1) is 13.6. The second-order valence-corrected chi connectivity index (χ2v) is 5.11. The minimum atomic E-state index is 0.135. The maximum Gasteiger partial charge on any atom is 0.170 e. The highest BCUT2D eigenvalue weighted by Gasteiger charge is 2.02. The first-order valence-electron chi connectivity index (χ1n) is 6.00. The predicted octanol–water partition coefficient (Wildman–Crippen LogP) is 2.44. The van der Waals surface area contributed by atoms with Gasteiger partial charge in [0.2, 0.25) is 0 Å². The molecule has 19 heavy (non-hydrogen) atoms. The number of nitrogens with one attached hydrogen (secondary N) is 1. The maximum atomic E-state index is 8.66. The number of amidine groups is 1. The third kappa shape index (κ3) is 3.56. The predicted molar refractivity (Wildman–Crippen MR) is 78.6 cm³/mol. The Morgan fingerprint density at radius 2 is 2.21 bits per heavy atom. The van der Waals surface area contributed by atoms with Crippen LogP contribution in [0.3, 0.4) is 0 Å².